The zero-order valence-corrected chi connectivity index (χ0v) is 23.8. The van der Waals surface area contributed by atoms with Gasteiger partial charge in [-0.15, -0.1) is 0 Å². The molecular formula is C31H30F3N5O4. The number of ether oxygens (including phenoxy) is 2. The Morgan fingerprint density at radius 1 is 1.09 bits per heavy atom. The molecule has 2 aromatic carbocycles. The first-order valence-corrected chi connectivity index (χ1v) is 14.1. The number of para-hydroxylation sites is 1. The number of halogens is 3. The number of anilines is 4. The quantitative estimate of drug-likeness (QED) is 0.294. The zero-order valence-electron chi connectivity index (χ0n) is 23.8. The Hall–Kier alpha value is -4.35. The van der Waals surface area contributed by atoms with Crippen LogP contribution >= 0.6 is 0 Å². The number of Topliss-reactive ketones (excluding diaryl/α,β-unsaturated/α-hetero) is 1. The highest BCUT2D eigenvalue weighted by Crippen LogP contribution is 2.86. The molecular weight excluding hydrogens is 563 g/mol. The summed E-state index contributed by atoms with van der Waals surface area (Å²) in [6.45, 7) is 1.68. The number of aryl methyl sites for hydroxylation is 1. The molecule has 1 amide bonds. The highest BCUT2D eigenvalue weighted by molar-refractivity contribution is 6.01. The molecule has 5 saturated carbocycles. The van der Waals surface area contributed by atoms with Gasteiger partial charge in [0.1, 0.15) is 34.3 Å². The fourth-order valence-electron chi connectivity index (χ4n) is 8.08. The summed E-state index contributed by atoms with van der Waals surface area (Å²) in [7, 11) is 2.92. The molecule has 3 aromatic rings. The molecule has 8 rings (SSSR count). The molecule has 5 aliphatic rings. The predicted octanol–water partition coefficient (Wildman–Crippen LogP) is 5.94. The minimum Gasteiger partial charge on any atom is -0.494 e. The lowest BCUT2D eigenvalue weighted by Crippen LogP contribution is -2.46. The zero-order chi connectivity index (χ0) is 30.4. The molecule has 9 nitrogen and oxygen atoms in total. The number of amides is 1. The number of benzene rings is 2. The van der Waals surface area contributed by atoms with Gasteiger partial charge in [-0.25, -0.2) is 4.98 Å². The van der Waals surface area contributed by atoms with Crippen LogP contribution in [0.1, 0.15) is 53.6 Å². The molecule has 224 valence electrons. The van der Waals surface area contributed by atoms with Crippen molar-refractivity contribution in [1.29, 1.82) is 0 Å². The van der Waals surface area contributed by atoms with Gasteiger partial charge in [0, 0.05) is 37.1 Å². The van der Waals surface area contributed by atoms with Crippen molar-refractivity contribution >= 4 is 34.8 Å². The lowest BCUT2D eigenvalue weighted by molar-refractivity contribution is -0.137. The van der Waals surface area contributed by atoms with Crippen LogP contribution in [-0.4, -0.2) is 41.4 Å². The van der Waals surface area contributed by atoms with Crippen LogP contribution in [0.15, 0.2) is 42.6 Å². The van der Waals surface area contributed by atoms with Crippen molar-refractivity contribution in [1.82, 2.24) is 15.3 Å². The summed E-state index contributed by atoms with van der Waals surface area (Å²) in [5.41, 5.74) is -0.135. The molecule has 2 spiro atoms. The van der Waals surface area contributed by atoms with E-state index in [-0.39, 0.29) is 39.5 Å². The predicted molar refractivity (Wildman–Crippen MR) is 151 cm³/mol. The average molecular weight is 594 g/mol. The normalized spacial score (nSPS) is 28.0. The second-order valence-electron chi connectivity index (χ2n) is 12.3. The van der Waals surface area contributed by atoms with Crippen molar-refractivity contribution in [3.05, 3.63) is 59.3 Å². The highest BCUT2D eigenvalue weighted by atomic mass is 19.4. The Morgan fingerprint density at radius 3 is 2.60 bits per heavy atom. The van der Waals surface area contributed by atoms with E-state index in [2.05, 4.69) is 25.9 Å². The van der Waals surface area contributed by atoms with E-state index in [1.807, 2.05) is 0 Å². The van der Waals surface area contributed by atoms with E-state index in [0.717, 1.165) is 32.1 Å². The Bertz CT molecular complexity index is 1700. The molecule has 4 atom stereocenters. The highest BCUT2D eigenvalue weighted by Gasteiger charge is 2.87. The molecule has 0 saturated heterocycles. The van der Waals surface area contributed by atoms with Crippen LogP contribution < -0.4 is 25.4 Å². The van der Waals surface area contributed by atoms with Gasteiger partial charge in [0.25, 0.3) is 5.91 Å². The van der Waals surface area contributed by atoms with Crippen molar-refractivity contribution in [2.24, 2.45) is 16.7 Å². The molecule has 4 unspecified atom stereocenters. The first-order chi connectivity index (χ1) is 20.4. The first kappa shape index (κ1) is 27.5. The van der Waals surface area contributed by atoms with Crippen LogP contribution in [-0.2, 0) is 11.0 Å². The van der Waals surface area contributed by atoms with Gasteiger partial charge >= 0.3 is 6.18 Å². The number of hydrogen-bond acceptors (Lipinski definition) is 8. The van der Waals surface area contributed by atoms with Crippen LogP contribution in [0.5, 0.6) is 11.5 Å². The molecule has 1 heterocycles. The van der Waals surface area contributed by atoms with Gasteiger partial charge < -0.3 is 25.4 Å². The fourth-order valence-corrected chi connectivity index (χ4v) is 8.08. The summed E-state index contributed by atoms with van der Waals surface area (Å²) in [6, 6.07) is 10.0. The Balaban J connectivity index is 1.16. The first-order valence-electron chi connectivity index (χ1n) is 14.1. The summed E-state index contributed by atoms with van der Waals surface area (Å²) in [6.07, 6.45) is 0.301. The van der Waals surface area contributed by atoms with Crippen molar-refractivity contribution in [2.75, 3.05) is 24.8 Å². The minimum atomic E-state index is -4.75. The largest absolute Gasteiger partial charge is 0.494 e. The monoisotopic (exact) mass is 593 g/mol. The summed E-state index contributed by atoms with van der Waals surface area (Å²) < 4.78 is 54.0. The number of hydrogen-bond donors (Lipinski definition) is 3. The minimum absolute atomic E-state index is 0.0887. The molecule has 0 aliphatic heterocycles. The number of carbonyl (C=O) groups is 2. The smallest absolute Gasteiger partial charge is 0.421 e. The maximum atomic E-state index is 14.0. The maximum absolute atomic E-state index is 14.0. The van der Waals surface area contributed by atoms with E-state index in [1.165, 1.54) is 20.2 Å². The summed E-state index contributed by atoms with van der Waals surface area (Å²) in [5.74, 6) is 0.423. The molecule has 0 radical (unpaired) electrons. The van der Waals surface area contributed by atoms with E-state index >= 15 is 0 Å². The third kappa shape index (κ3) is 4.13. The van der Waals surface area contributed by atoms with Gasteiger partial charge in [-0.1, -0.05) is 12.1 Å². The number of ketones is 1. The molecule has 4 bridgehead atoms. The molecule has 5 fully saturated rings. The molecule has 3 N–H and O–H groups in total. The number of carbonyl (C=O) groups excluding carboxylic acids is 2. The Kier molecular flexibility index (Phi) is 5.80. The van der Waals surface area contributed by atoms with Gasteiger partial charge in [-0.2, -0.15) is 18.2 Å². The van der Waals surface area contributed by atoms with E-state index < -0.39 is 23.5 Å². The van der Waals surface area contributed by atoms with E-state index in [0.29, 0.717) is 34.7 Å². The van der Waals surface area contributed by atoms with Crippen LogP contribution in [0, 0.1) is 23.7 Å². The second-order valence-corrected chi connectivity index (χ2v) is 12.3. The Labute approximate surface area is 245 Å². The lowest BCUT2D eigenvalue weighted by Gasteiger charge is -2.42. The lowest BCUT2D eigenvalue weighted by atomic mass is 9.70. The summed E-state index contributed by atoms with van der Waals surface area (Å²) in [5, 5.41) is 8.18. The van der Waals surface area contributed by atoms with Gasteiger partial charge in [-0.05, 0) is 61.8 Å². The third-order valence-electron chi connectivity index (χ3n) is 9.75. The Morgan fingerprint density at radius 2 is 1.91 bits per heavy atom. The van der Waals surface area contributed by atoms with Crippen molar-refractivity contribution in [2.45, 2.75) is 50.8 Å². The standard InChI is InChI=1S/C31H30F3N5O4/c1-16-5-4-6-19(26(41)35-2)23(16)38-25-20(31(32,33)34)12-36-27(39-25)37-21-8-7-18(9-22(21)42-3)43-29-11-17-10-28(13-29)14-30(28,15-29)24(17)40/h4-9,12,17H,10-11,13-15H2,1-3H3,(H,35,41)(H2,36,37,38,39). The number of methoxy groups -OCH3 is 1. The van der Waals surface area contributed by atoms with Gasteiger partial charge in [0.05, 0.1) is 24.0 Å². The SMILES string of the molecule is CNC(=O)c1cccc(C)c1Nc1nc(Nc2ccc(OC34CC5CC6(C3)CC6(C4)C5=O)cc2OC)ncc1C(F)(F)F. The second kappa shape index (κ2) is 9.08. The number of rotatable bonds is 8. The number of aromatic nitrogens is 2. The molecule has 43 heavy (non-hydrogen) atoms. The molecule has 1 aromatic heterocycles. The van der Waals surface area contributed by atoms with Crippen LogP contribution in [0.4, 0.5) is 36.3 Å². The summed E-state index contributed by atoms with van der Waals surface area (Å²) >= 11 is 0. The van der Waals surface area contributed by atoms with E-state index in [4.69, 9.17) is 9.47 Å². The van der Waals surface area contributed by atoms with Crippen molar-refractivity contribution in [3.8, 4) is 11.5 Å². The number of nitrogens with one attached hydrogen (secondary N) is 3. The fraction of sp³-hybridized carbons (Fsp3) is 0.419. The van der Waals surface area contributed by atoms with E-state index in [9.17, 15) is 22.8 Å². The maximum Gasteiger partial charge on any atom is 0.421 e. The molecule has 5 aliphatic carbocycles. The summed E-state index contributed by atoms with van der Waals surface area (Å²) in [4.78, 5) is 33.3. The number of alkyl halides is 3. The van der Waals surface area contributed by atoms with Gasteiger partial charge in [0.2, 0.25) is 5.95 Å². The number of nitrogens with zero attached hydrogens (tertiary/aromatic N) is 2. The average Bonchev–Trinajstić information content (AvgIpc) is 3.43. The van der Waals surface area contributed by atoms with E-state index in [1.54, 1.807) is 37.3 Å². The van der Waals surface area contributed by atoms with Crippen LogP contribution in [0.3, 0.4) is 0 Å². The van der Waals surface area contributed by atoms with Crippen molar-refractivity contribution in [3.63, 3.8) is 0 Å². The molecule has 12 heteroatoms. The van der Waals surface area contributed by atoms with Gasteiger partial charge in [0.15, 0.2) is 0 Å². The topological polar surface area (TPSA) is 114 Å². The third-order valence-corrected chi connectivity index (χ3v) is 9.75. The van der Waals surface area contributed by atoms with Gasteiger partial charge in [-0.3, -0.25) is 9.59 Å². The van der Waals surface area contributed by atoms with Crippen molar-refractivity contribution < 1.29 is 32.2 Å². The van der Waals surface area contributed by atoms with Crippen LogP contribution in [0.2, 0.25) is 0 Å². The van der Waals surface area contributed by atoms with Crippen LogP contribution in [0.25, 0.3) is 0 Å².